The van der Waals surface area contributed by atoms with E-state index in [0.717, 1.165) is 10.3 Å². The zero-order valence-corrected chi connectivity index (χ0v) is 12.4. The molecule has 3 rings (SSSR count). The Morgan fingerprint density at radius 3 is 2.57 bits per heavy atom. The summed E-state index contributed by atoms with van der Waals surface area (Å²) in [7, 11) is 3.03. The Morgan fingerprint density at radius 1 is 1.29 bits per heavy atom. The van der Waals surface area contributed by atoms with Gasteiger partial charge in [-0.15, -0.1) is 0 Å². The van der Waals surface area contributed by atoms with Crippen molar-refractivity contribution < 1.29 is 5.11 Å². The number of nitrogens with zero attached hydrogens (tertiary/aromatic N) is 5. The molecular formula is C13H17N5O3. The summed E-state index contributed by atoms with van der Waals surface area (Å²) in [6, 6.07) is 0. The van der Waals surface area contributed by atoms with Crippen LogP contribution in [0.4, 0.5) is 0 Å². The van der Waals surface area contributed by atoms with Crippen molar-refractivity contribution in [3.8, 4) is 0 Å². The number of aromatic nitrogens is 5. The Balaban J connectivity index is 2.51. The lowest BCUT2D eigenvalue weighted by Crippen LogP contribution is -2.37. The van der Waals surface area contributed by atoms with E-state index in [4.69, 9.17) is 0 Å². The summed E-state index contributed by atoms with van der Waals surface area (Å²) in [5.74, 6) is 0.543. The molecule has 0 bridgehead atoms. The number of rotatable bonds is 2. The van der Waals surface area contributed by atoms with Crippen LogP contribution in [-0.4, -0.2) is 34.3 Å². The second-order valence-corrected chi connectivity index (χ2v) is 5.39. The molecular weight excluding hydrogens is 274 g/mol. The zero-order chi connectivity index (χ0) is 15.5. The molecule has 3 aromatic rings. The Hall–Kier alpha value is -2.35. The number of aliphatic hydroxyl groups is 1. The minimum atomic E-state index is -0.536. The van der Waals surface area contributed by atoms with Crippen LogP contribution in [0.2, 0.25) is 0 Å². The van der Waals surface area contributed by atoms with Gasteiger partial charge in [-0.25, -0.2) is 4.79 Å². The summed E-state index contributed by atoms with van der Waals surface area (Å²) in [5.41, 5.74) is 0.803. The van der Waals surface area contributed by atoms with E-state index in [1.54, 1.807) is 24.6 Å². The fraction of sp³-hybridized carbons (Fsp3) is 0.462. The molecule has 0 aliphatic carbocycles. The van der Waals surface area contributed by atoms with Crippen molar-refractivity contribution in [1.29, 1.82) is 0 Å². The summed E-state index contributed by atoms with van der Waals surface area (Å²) < 4.78 is 5.92. The SMILES string of the molecule is Cc1cn2c3c(=O)n(C)c(=O)n(C)c3nc2n1C[C@@H](C)O. The second kappa shape index (κ2) is 4.32. The first kappa shape index (κ1) is 13.6. The summed E-state index contributed by atoms with van der Waals surface area (Å²) >= 11 is 0. The highest BCUT2D eigenvalue weighted by Crippen LogP contribution is 2.16. The normalized spacial score (nSPS) is 13.4. The van der Waals surface area contributed by atoms with Gasteiger partial charge in [-0.1, -0.05) is 0 Å². The smallest absolute Gasteiger partial charge is 0.332 e. The van der Waals surface area contributed by atoms with E-state index in [0.29, 0.717) is 23.5 Å². The molecule has 1 N–H and O–H groups in total. The lowest BCUT2D eigenvalue weighted by molar-refractivity contribution is 0.174. The van der Waals surface area contributed by atoms with Crippen molar-refractivity contribution >= 4 is 16.9 Å². The molecule has 8 heteroatoms. The predicted molar refractivity (Wildman–Crippen MR) is 77.6 cm³/mol. The fourth-order valence-electron chi connectivity index (χ4n) is 2.62. The van der Waals surface area contributed by atoms with Crippen LogP contribution in [0.25, 0.3) is 16.9 Å². The van der Waals surface area contributed by atoms with Crippen molar-refractivity contribution in [3.05, 3.63) is 32.7 Å². The minimum absolute atomic E-state index is 0.345. The van der Waals surface area contributed by atoms with E-state index >= 15 is 0 Å². The molecule has 8 nitrogen and oxygen atoms in total. The first-order chi connectivity index (χ1) is 9.82. The lowest BCUT2D eigenvalue weighted by Gasteiger charge is -2.07. The third-order valence-corrected chi connectivity index (χ3v) is 3.70. The second-order valence-electron chi connectivity index (χ2n) is 5.39. The molecule has 1 atom stereocenters. The van der Waals surface area contributed by atoms with Crippen LogP contribution in [0, 0.1) is 6.92 Å². The monoisotopic (exact) mass is 291 g/mol. The van der Waals surface area contributed by atoms with Crippen molar-refractivity contribution in [2.75, 3.05) is 0 Å². The predicted octanol–water partition coefficient (Wildman–Crippen LogP) is -0.624. The molecule has 0 saturated carbocycles. The van der Waals surface area contributed by atoms with Crippen LogP contribution >= 0.6 is 0 Å². The largest absolute Gasteiger partial charge is 0.392 e. The third-order valence-electron chi connectivity index (χ3n) is 3.70. The molecule has 0 aromatic carbocycles. The van der Waals surface area contributed by atoms with Gasteiger partial charge in [-0.2, -0.15) is 4.98 Å². The average molecular weight is 291 g/mol. The molecule has 21 heavy (non-hydrogen) atoms. The van der Waals surface area contributed by atoms with Crippen LogP contribution < -0.4 is 11.2 Å². The molecule has 112 valence electrons. The van der Waals surface area contributed by atoms with Crippen molar-refractivity contribution in [2.24, 2.45) is 14.1 Å². The van der Waals surface area contributed by atoms with Gasteiger partial charge in [-0.3, -0.25) is 18.3 Å². The highest BCUT2D eigenvalue weighted by Gasteiger charge is 2.19. The Morgan fingerprint density at radius 2 is 1.95 bits per heavy atom. The molecule has 0 saturated heterocycles. The molecule has 0 fully saturated rings. The van der Waals surface area contributed by atoms with Gasteiger partial charge in [0, 0.05) is 26.0 Å². The fourth-order valence-corrected chi connectivity index (χ4v) is 2.62. The number of aryl methyl sites for hydroxylation is 2. The van der Waals surface area contributed by atoms with E-state index in [2.05, 4.69) is 4.98 Å². The van der Waals surface area contributed by atoms with E-state index < -0.39 is 11.8 Å². The van der Waals surface area contributed by atoms with Crippen molar-refractivity contribution in [3.63, 3.8) is 0 Å². The maximum atomic E-state index is 12.3. The minimum Gasteiger partial charge on any atom is -0.392 e. The number of hydrogen-bond donors (Lipinski definition) is 1. The lowest BCUT2D eigenvalue weighted by atomic mass is 10.4. The summed E-state index contributed by atoms with van der Waals surface area (Å²) in [4.78, 5) is 28.7. The van der Waals surface area contributed by atoms with E-state index in [1.165, 1.54) is 11.6 Å². The molecule has 0 amide bonds. The number of hydrogen-bond acceptors (Lipinski definition) is 4. The van der Waals surface area contributed by atoms with Crippen molar-refractivity contribution in [1.82, 2.24) is 23.1 Å². The van der Waals surface area contributed by atoms with Gasteiger partial charge in [0.2, 0.25) is 5.78 Å². The summed E-state index contributed by atoms with van der Waals surface area (Å²) in [6.07, 6.45) is 1.25. The van der Waals surface area contributed by atoms with Gasteiger partial charge >= 0.3 is 5.69 Å². The van der Waals surface area contributed by atoms with Crippen LogP contribution in [0.15, 0.2) is 15.8 Å². The van der Waals surface area contributed by atoms with Crippen LogP contribution in [-0.2, 0) is 20.6 Å². The van der Waals surface area contributed by atoms with E-state index in [1.807, 2.05) is 11.5 Å². The van der Waals surface area contributed by atoms with Gasteiger partial charge in [0.15, 0.2) is 11.2 Å². The number of fused-ring (bicyclic) bond motifs is 3. The first-order valence-electron chi connectivity index (χ1n) is 6.65. The van der Waals surface area contributed by atoms with Crippen LogP contribution in [0.5, 0.6) is 0 Å². The number of aliphatic hydroxyl groups excluding tert-OH is 1. The van der Waals surface area contributed by atoms with E-state index in [-0.39, 0.29) is 5.56 Å². The highest BCUT2D eigenvalue weighted by atomic mass is 16.3. The molecule has 0 radical (unpaired) electrons. The van der Waals surface area contributed by atoms with Gasteiger partial charge in [0.25, 0.3) is 5.56 Å². The van der Waals surface area contributed by atoms with E-state index in [9.17, 15) is 14.7 Å². The maximum Gasteiger partial charge on any atom is 0.332 e. The van der Waals surface area contributed by atoms with Crippen molar-refractivity contribution in [2.45, 2.75) is 26.5 Å². The Bertz CT molecular complexity index is 970. The molecule has 3 aromatic heterocycles. The standard InChI is InChI=1S/C13H17N5O3/c1-7-5-18-9-10(14-12(18)17(7)6-8(2)19)15(3)13(21)16(4)11(9)20/h5,8,19H,6H2,1-4H3/t8-/m1/s1. The maximum absolute atomic E-state index is 12.3. The average Bonchev–Trinajstić information content (AvgIpc) is 2.91. The highest BCUT2D eigenvalue weighted by molar-refractivity contribution is 5.75. The molecule has 3 heterocycles. The topological polar surface area (TPSA) is 86.5 Å². The van der Waals surface area contributed by atoms with Gasteiger partial charge in [-0.05, 0) is 13.8 Å². The molecule has 0 unspecified atom stereocenters. The molecule has 0 aliphatic rings. The molecule has 0 aliphatic heterocycles. The van der Waals surface area contributed by atoms with Crippen LogP contribution in [0.1, 0.15) is 12.6 Å². The quantitative estimate of drug-likeness (QED) is 0.681. The zero-order valence-electron chi connectivity index (χ0n) is 12.4. The van der Waals surface area contributed by atoms with Gasteiger partial charge in [0.05, 0.1) is 12.6 Å². The van der Waals surface area contributed by atoms with Gasteiger partial charge in [0.1, 0.15) is 0 Å². The van der Waals surface area contributed by atoms with Crippen LogP contribution in [0.3, 0.4) is 0 Å². The third kappa shape index (κ3) is 1.75. The summed E-state index contributed by atoms with van der Waals surface area (Å²) in [6.45, 7) is 3.95. The number of imidazole rings is 2. The van der Waals surface area contributed by atoms with Gasteiger partial charge < -0.3 is 9.67 Å². The first-order valence-corrected chi connectivity index (χ1v) is 6.65. The Labute approximate surface area is 119 Å². The Kier molecular flexibility index (Phi) is 2.80. The summed E-state index contributed by atoms with van der Waals surface area (Å²) in [5, 5.41) is 9.60. The molecule has 0 spiro atoms.